The van der Waals surface area contributed by atoms with E-state index in [2.05, 4.69) is 51.4 Å². The van der Waals surface area contributed by atoms with E-state index in [0.717, 1.165) is 33.5 Å². The normalized spacial score (nSPS) is 11.3. The molecule has 4 aromatic rings. The maximum atomic E-state index is 6.01. The summed E-state index contributed by atoms with van der Waals surface area (Å²) in [6.07, 6.45) is 2.13. The van der Waals surface area contributed by atoms with Crippen LogP contribution in [0.15, 0.2) is 54.7 Å². The summed E-state index contributed by atoms with van der Waals surface area (Å²) >= 11 is 7.65. The van der Waals surface area contributed by atoms with Crippen LogP contribution >= 0.6 is 22.9 Å². The lowest BCUT2D eigenvalue weighted by Gasteiger charge is -2.06. The summed E-state index contributed by atoms with van der Waals surface area (Å²) in [5, 5.41) is 6.37. The molecule has 0 spiro atoms. The van der Waals surface area contributed by atoms with Gasteiger partial charge in [-0.2, -0.15) is 0 Å². The Bertz CT molecular complexity index is 941. The summed E-state index contributed by atoms with van der Waals surface area (Å²) in [5.74, 6) is 0. The van der Waals surface area contributed by atoms with Crippen LogP contribution in [0.1, 0.15) is 0 Å². The van der Waals surface area contributed by atoms with Crippen LogP contribution in [0, 0.1) is 0 Å². The van der Waals surface area contributed by atoms with Gasteiger partial charge in [0, 0.05) is 29.8 Å². The highest BCUT2D eigenvalue weighted by atomic mass is 35.5. The van der Waals surface area contributed by atoms with Gasteiger partial charge in [-0.25, -0.2) is 4.98 Å². The largest absolute Gasteiger partial charge is 0.360 e. The van der Waals surface area contributed by atoms with Crippen molar-refractivity contribution in [2.75, 3.05) is 11.9 Å². The van der Waals surface area contributed by atoms with Crippen molar-refractivity contribution in [1.82, 2.24) is 9.55 Å². The zero-order chi connectivity index (χ0) is 14.9. The van der Waals surface area contributed by atoms with Crippen molar-refractivity contribution in [3.63, 3.8) is 0 Å². The molecule has 0 bridgehead atoms. The Kier molecular flexibility index (Phi) is 3.48. The van der Waals surface area contributed by atoms with Gasteiger partial charge >= 0.3 is 0 Å². The first-order chi connectivity index (χ1) is 10.8. The zero-order valence-electron chi connectivity index (χ0n) is 11.8. The molecule has 0 amide bonds. The van der Waals surface area contributed by atoms with Gasteiger partial charge in [-0.15, -0.1) is 0 Å². The number of rotatable bonds is 4. The van der Waals surface area contributed by atoms with Crippen LogP contribution in [0.3, 0.4) is 0 Å². The second-order valence-corrected chi connectivity index (χ2v) is 6.59. The highest BCUT2D eigenvalue weighted by Gasteiger charge is 2.04. The van der Waals surface area contributed by atoms with E-state index in [1.54, 1.807) is 11.3 Å². The van der Waals surface area contributed by atoms with Gasteiger partial charge in [0.1, 0.15) is 0 Å². The van der Waals surface area contributed by atoms with Crippen LogP contribution < -0.4 is 5.32 Å². The number of thiazole rings is 1. The second kappa shape index (κ2) is 5.63. The Labute approximate surface area is 137 Å². The first kappa shape index (κ1) is 13.6. The lowest BCUT2D eigenvalue weighted by atomic mass is 10.2. The number of hydrogen-bond acceptors (Lipinski definition) is 3. The van der Waals surface area contributed by atoms with E-state index in [4.69, 9.17) is 11.6 Å². The summed E-state index contributed by atoms with van der Waals surface area (Å²) in [5.41, 5.74) is 2.25. The molecular weight excluding hydrogens is 314 g/mol. The lowest BCUT2D eigenvalue weighted by Crippen LogP contribution is -2.09. The number of benzene rings is 2. The fraction of sp³-hybridized carbons (Fsp3) is 0.118. The fourth-order valence-corrected chi connectivity index (χ4v) is 3.76. The molecule has 5 heteroatoms. The van der Waals surface area contributed by atoms with Gasteiger partial charge in [-0.1, -0.05) is 41.1 Å². The Hall–Kier alpha value is -2.04. The average Bonchev–Trinajstić information content (AvgIpc) is 3.11. The van der Waals surface area contributed by atoms with Crippen molar-refractivity contribution in [2.24, 2.45) is 0 Å². The van der Waals surface area contributed by atoms with E-state index in [9.17, 15) is 0 Å². The van der Waals surface area contributed by atoms with E-state index in [1.807, 2.05) is 18.2 Å². The van der Waals surface area contributed by atoms with Gasteiger partial charge in [0.25, 0.3) is 0 Å². The number of halogens is 1. The van der Waals surface area contributed by atoms with Gasteiger partial charge in [0.05, 0.1) is 10.2 Å². The molecule has 2 aromatic heterocycles. The van der Waals surface area contributed by atoms with E-state index < -0.39 is 0 Å². The molecule has 0 aliphatic heterocycles. The number of nitrogens with one attached hydrogen (secondary N) is 1. The van der Waals surface area contributed by atoms with Crippen molar-refractivity contribution < 1.29 is 0 Å². The third-order valence-corrected chi connectivity index (χ3v) is 4.87. The van der Waals surface area contributed by atoms with Crippen LogP contribution in [0.2, 0.25) is 5.02 Å². The van der Waals surface area contributed by atoms with E-state index in [-0.39, 0.29) is 0 Å². The summed E-state index contributed by atoms with van der Waals surface area (Å²) in [7, 11) is 0. The summed E-state index contributed by atoms with van der Waals surface area (Å²) < 4.78 is 3.37. The van der Waals surface area contributed by atoms with Crippen molar-refractivity contribution in [3.05, 3.63) is 59.8 Å². The zero-order valence-corrected chi connectivity index (χ0v) is 13.4. The molecule has 1 N–H and O–H groups in total. The van der Waals surface area contributed by atoms with Crippen molar-refractivity contribution in [1.29, 1.82) is 0 Å². The number of hydrogen-bond donors (Lipinski definition) is 1. The van der Waals surface area contributed by atoms with Gasteiger partial charge < -0.3 is 9.88 Å². The van der Waals surface area contributed by atoms with E-state index >= 15 is 0 Å². The minimum absolute atomic E-state index is 0.751. The van der Waals surface area contributed by atoms with Crippen LogP contribution in [0.25, 0.3) is 21.1 Å². The van der Waals surface area contributed by atoms with Crippen molar-refractivity contribution in [2.45, 2.75) is 6.54 Å². The Balaban J connectivity index is 1.47. The Morgan fingerprint density at radius 3 is 3.00 bits per heavy atom. The summed E-state index contributed by atoms with van der Waals surface area (Å²) in [4.78, 5) is 4.57. The Morgan fingerprint density at radius 1 is 1.14 bits per heavy atom. The molecular formula is C17H14ClN3S. The van der Waals surface area contributed by atoms with Crippen LogP contribution in [-0.2, 0) is 6.54 Å². The van der Waals surface area contributed by atoms with Gasteiger partial charge in [0.15, 0.2) is 5.13 Å². The maximum Gasteiger partial charge on any atom is 0.183 e. The second-order valence-electron chi connectivity index (χ2n) is 5.13. The molecule has 0 aliphatic rings. The molecule has 0 radical (unpaired) electrons. The summed E-state index contributed by atoms with van der Waals surface area (Å²) in [6, 6.07) is 16.4. The van der Waals surface area contributed by atoms with Gasteiger partial charge in [-0.3, -0.25) is 0 Å². The number of anilines is 1. The van der Waals surface area contributed by atoms with Crippen molar-refractivity contribution in [3.8, 4) is 0 Å². The maximum absolute atomic E-state index is 6.01. The highest BCUT2D eigenvalue weighted by Crippen LogP contribution is 2.28. The number of aromatic nitrogens is 2. The van der Waals surface area contributed by atoms with E-state index in [1.165, 1.54) is 10.9 Å². The van der Waals surface area contributed by atoms with Gasteiger partial charge in [0.2, 0.25) is 0 Å². The predicted octanol–water partition coefficient (Wildman–Crippen LogP) is 5.02. The molecule has 0 saturated heterocycles. The number of fused-ring (bicyclic) bond motifs is 2. The molecule has 110 valence electrons. The van der Waals surface area contributed by atoms with Gasteiger partial charge in [-0.05, 0) is 35.7 Å². The van der Waals surface area contributed by atoms with Crippen LogP contribution in [-0.4, -0.2) is 16.1 Å². The molecule has 0 aliphatic carbocycles. The molecule has 0 unspecified atom stereocenters. The minimum Gasteiger partial charge on any atom is -0.360 e. The number of para-hydroxylation sites is 1. The molecule has 0 saturated carbocycles. The monoisotopic (exact) mass is 327 g/mol. The third kappa shape index (κ3) is 2.56. The SMILES string of the molecule is Clc1ccc2nc(NCCn3ccc4ccccc43)sc2c1. The summed E-state index contributed by atoms with van der Waals surface area (Å²) in [6.45, 7) is 1.75. The quantitative estimate of drug-likeness (QED) is 0.570. The standard InChI is InChI=1S/C17H14ClN3S/c18-13-5-6-14-16(11-13)22-17(20-14)19-8-10-21-9-7-12-3-1-2-4-15(12)21/h1-7,9,11H,8,10H2,(H,19,20). The lowest BCUT2D eigenvalue weighted by molar-refractivity contribution is 0.757. The molecule has 2 aromatic carbocycles. The average molecular weight is 328 g/mol. The first-order valence-electron chi connectivity index (χ1n) is 7.13. The topological polar surface area (TPSA) is 29.9 Å². The third-order valence-electron chi connectivity index (χ3n) is 3.66. The molecule has 0 fully saturated rings. The molecule has 0 atom stereocenters. The first-order valence-corrected chi connectivity index (χ1v) is 8.33. The van der Waals surface area contributed by atoms with E-state index in [0.29, 0.717) is 0 Å². The smallest absolute Gasteiger partial charge is 0.183 e. The molecule has 22 heavy (non-hydrogen) atoms. The molecule has 3 nitrogen and oxygen atoms in total. The Morgan fingerprint density at radius 2 is 2.05 bits per heavy atom. The minimum atomic E-state index is 0.751. The predicted molar refractivity (Wildman–Crippen MR) is 95.1 cm³/mol. The molecule has 2 heterocycles. The number of nitrogens with zero attached hydrogens (tertiary/aromatic N) is 2. The molecule has 4 rings (SSSR count). The van der Waals surface area contributed by atoms with Crippen LogP contribution in [0.5, 0.6) is 0 Å². The highest BCUT2D eigenvalue weighted by molar-refractivity contribution is 7.22. The van der Waals surface area contributed by atoms with Crippen molar-refractivity contribution >= 4 is 49.2 Å². The fourth-order valence-electron chi connectivity index (χ4n) is 2.59. The van der Waals surface area contributed by atoms with Crippen LogP contribution in [0.4, 0.5) is 5.13 Å².